The Labute approximate surface area is 210 Å². The molecule has 1 nitrogen and oxygen atoms in total. The molecule has 0 spiro atoms. The van der Waals surface area contributed by atoms with Crippen LogP contribution >= 0.6 is 128 Å². The summed E-state index contributed by atoms with van der Waals surface area (Å²) >= 11 is 56.7. The zero-order chi connectivity index (χ0) is 21.3. The SMILES string of the molecule is CC(C)(C)SC(=O)/C(Cl)=C(Cl)\C(Cl)=C(\Cl)Sc1c(Cl)c(Cl)c(Cl)c(Cl)c1Cl. The molecule has 150 valence electrons. The molecule has 0 saturated heterocycles. The van der Waals surface area contributed by atoms with Gasteiger partial charge in [-0.2, -0.15) is 0 Å². The molecule has 27 heavy (non-hydrogen) atoms. The van der Waals surface area contributed by atoms with Crippen LogP contribution in [-0.4, -0.2) is 9.86 Å². The molecule has 0 bridgehead atoms. The van der Waals surface area contributed by atoms with Gasteiger partial charge < -0.3 is 0 Å². The van der Waals surface area contributed by atoms with Crippen LogP contribution in [-0.2, 0) is 4.79 Å². The zero-order valence-corrected chi connectivity index (χ0v) is 22.1. The monoisotopic (exact) mass is 584 g/mol. The van der Waals surface area contributed by atoms with Crippen molar-refractivity contribution in [3.05, 3.63) is 44.6 Å². The van der Waals surface area contributed by atoms with Crippen molar-refractivity contribution in [1.82, 2.24) is 0 Å². The first-order valence-electron chi connectivity index (χ1n) is 6.72. The molecule has 0 radical (unpaired) electrons. The number of benzene rings is 1. The minimum absolute atomic E-state index is 0.00671. The molecule has 0 aliphatic carbocycles. The van der Waals surface area contributed by atoms with E-state index in [1.165, 1.54) is 0 Å². The highest BCUT2D eigenvalue weighted by atomic mass is 35.5. The van der Waals surface area contributed by atoms with Gasteiger partial charge in [-0.05, 0) is 0 Å². The first-order chi connectivity index (χ1) is 12.2. The molecule has 0 heterocycles. The lowest BCUT2D eigenvalue weighted by atomic mass is 10.3. The predicted molar refractivity (Wildman–Crippen MR) is 127 cm³/mol. The lowest BCUT2D eigenvalue weighted by Crippen LogP contribution is -2.12. The van der Waals surface area contributed by atoms with E-state index in [0.717, 1.165) is 23.5 Å². The van der Waals surface area contributed by atoms with Gasteiger partial charge in [0.25, 0.3) is 0 Å². The Morgan fingerprint density at radius 2 is 1.11 bits per heavy atom. The standard InChI is InChI=1S/C15H9Cl9OS2/c1-15(2,3)27-14(25)11(23)7(19)10(22)13(24)26-12-8(20)5(17)4(16)6(18)9(12)21/h1-3H3/b11-7-,13-10+. The summed E-state index contributed by atoms with van der Waals surface area (Å²) in [6.07, 6.45) is 0. The Morgan fingerprint density at radius 1 is 0.704 bits per heavy atom. The third kappa shape index (κ3) is 7.11. The molecule has 0 N–H and O–H groups in total. The van der Waals surface area contributed by atoms with Crippen LogP contribution in [0.1, 0.15) is 20.8 Å². The van der Waals surface area contributed by atoms with Crippen LogP contribution in [0, 0.1) is 0 Å². The molecular weight excluding hydrogens is 579 g/mol. The fourth-order valence-corrected chi connectivity index (χ4v) is 5.52. The van der Waals surface area contributed by atoms with Gasteiger partial charge in [0.2, 0.25) is 5.12 Å². The summed E-state index contributed by atoms with van der Waals surface area (Å²) in [7, 11) is 0. The van der Waals surface area contributed by atoms with Crippen LogP contribution < -0.4 is 0 Å². The first kappa shape index (κ1) is 26.7. The van der Waals surface area contributed by atoms with Gasteiger partial charge in [-0.15, -0.1) is 0 Å². The molecule has 0 unspecified atom stereocenters. The Balaban J connectivity index is 3.32. The van der Waals surface area contributed by atoms with E-state index in [9.17, 15) is 4.79 Å². The van der Waals surface area contributed by atoms with Gasteiger partial charge in [-0.1, -0.05) is 149 Å². The van der Waals surface area contributed by atoms with E-state index >= 15 is 0 Å². The fraction of sp³-hybridized carbons (Fsp3) is 0.267. The molecule has 0 aliphatic rings. The molecule has 12 heteroatoms. The summed E-state index contributed by atoms with van der Waals surface area (Å²) < 4.78 is -0.410. The highest BCUT2D eigenvalue weighted by Gasteiger charge is 2.25. The minimum Gasteiger partial charge on any atom is -0.280 e. The molecule has 0 aromatic heterocycles. The van der Waals surface area contributed by atoms with Gasteiger partial charge in [-0.3, -0.25) is 4.79 Å². The van der Waals surface area contributed by atoms with Crippen molar-refractivity contribution in [3.63, 3.8) is 0 Å². The van der Waals surface area contributed by atoms with Gasteiger partial charge in [0, 0.05) is 4.75 Å². The molecule has 0 aliphatic heterocycles. The molecule has 1 rings (SSSR count). The predicted octanol–water partition coefficient (Wildman–Crippen LogP) is 10.4. The van der Waals surface area contributed by atoms with Gasteiger partial charge in [0.1, 0.15) is 5.03 Å². The average molecular weight is 588 g/mol. The van der Waals surface area contributed by atoms with E-state index in [1.54, 1.807) is 0 Å². The largest absolute Gasteiger partial charge is 0.280 e. The second-order valence-corrected chi connectivity index (χ2v) is 12.2. The number of halogens is 9. The van der Waals surface area contributed by atoms with Crippen LogP contribution in [0.5, 0.6) is 0 Å². The van der Waals surface area contributed by atoms with E-state index in [-0.39, 0.29) is 54.2 Å². The van der Waals surface area contributed by atoms with Crippen LogP contribution in [0.3, 0.4) is 0 Å². The summed E-state index contributed by atoms with van der Waals surface area (Å²) in [5, 5.41) is -0.987. The maximum atomic E-state index is 12.2. The number of allylic oxidation sites excluding steroid dienone is 2. The van der Waals surface area contributed by atoms with E-state index in [4.69, 9.17) is 104 Å². The molecule has 0 saturated carbocycles. The molecule has 1 aromatic carbocycles. The highest BCUT2D eigenvalue weighted by Crippen LogP contribution is 2.51. The van der Waals surface area contributed by atoms with Crippen molar-refractivity contribution >= 4 is 133 Å². The quantitative estimate of drug-likeness (QED) is 0.115. The highest BCUT2D eigenvalue weighted by molar-refractivity contribution is 8.15. The average Bonchev–Trinajstić information content (AvgIpc) is 2.58. The van der Waals surface area contributed by atoms with Crippen molar-refractivity contribution in [1.29, 1.82) is 0 Å². The maximum Gasteiger partial charge on any atom is 0.232 e. The number of hydrogen-bond acceptors (Lipinski definition) is 3. The van der Waals surface area contributed by atoms with Crippen LogP contribution in [0.25, 0.3) is 0 Å². The van der Waals surface area contributed by atoms with E-state index < -0.39 is 5.12 Å². The third-order valence-corrected chi connectivity index (χ3v) is 9.05. The number of carbonyl (C=O) groups excluding carboxylic acids is 1. The summed E-state index contributed by atoms with van der Waals surface area (Å²) in [5.74, 6) is 0. The molecule has 0 atom stereocenters. The van der Waals surface area contributed by atoms with Crippen LogP contribution in [0.15, 0.2) is 24.4 Å². The Hall–Kier alpha value is 1.68. The summed E-state index contributed by atoms with van der Waals surface area (Å²) in [6.45, 7) is 5.56. The molecule has 0 fully saturated rings. The van der Waals surface area contributed by atoms with Crippen molar-refractivity contribution in [2.24, 2.45) is 0 Å². The fourth-order valence-electron chi connectivity index (χ4n) is 1.40. The summed E-state index contributed by atoms with van der Waals surface area (Å²) in [4.78, 5) is 12.4. The normalized spacial score (nSPS) is 14.1. The lowest BCUT2D eigenvalue weighted by molar-refractivity contribution is -0.107. The van der Waals surface area contributed by atoms with Crippen LogP contribution in [0.2, 0.25) is 25.1 Å². The number of rotatable bonds is 4. The third-order valence-electron chi connectivity index (χ3n) is 2.50. The maximum absolute atomic E-state index is 12.2. The van der Waals surface area contributed by atoms with Crippen molar-refractivity contribution in [2.45, 2.75) is 30.4 Å². The van der Waals surface area contributed by atoms with Gasteiger partial charge >= 0.3 is 0 Å². The number of carbonyl (C=O) groups is 1. The molecule has 1 aromatic rings. The molecule has 0 amide bonds. The molecular formula is C15H9Cl9OS2. The Morgan fingerprint density at radius 3 is 1.52 bits per heavy atom. The number of thioether (sulfide) groups is 2. The van der Waals surface area contributed by atoms with E-state index in [2.05, 4.69) is 0 Å². The topological polar surface area (TPSA) is 17.1 Å². The van der Waals surface area contributed by atoms with Crippen molar-refractivity contribution in [2.75, 3.05) is 0 Å². The van der Waals surface area contributed by atoms with Gasteiger partial charge in [0.05, 0.1) is 44.4 Å². The zero-order valence-electron chi connectivity index (χ0n) is 13.6. The van der Waals surface area contributed by atoms with Gasteiger partial charge in [-0.25, -0.2) is 0 Å². The smallest absolute Gasteiger partial charge is 0.232 e. The summed E-state index contributed by atoms with van der Waals surface area (Å²) in [6, 6.07) is 0. The van der Waals surface area contributed by atoms with E-state index in [1.807, 2.05) is 20.8 Å². The van der Waals surface area contributed by atoms with Gasteiger partial charge in [0.15, 0.2) is 0 Å². The second kappa shape index (κ2) is 10.8. The Bertz CT molecular complexity index is 812. The second-order valence-electron chi connectivity index (χ2n) is 5.72. The Kier molecular flexibility index (Phi) is 10.7. The van der Waals surface area contributed by atoms with Crippen LogP contribution in [0.4, 0.5) is 0 Å². The van der Waals surface area contributed by atoms with E-state index in [0.29, 0.717) is 0 Å². The minimum atomic E-state index is -0.449. The number of hydrogen-bond donors (Lipinski definition) is 0. The lowest BCUT2D eigenvalue weighted by Gasteiger charge is -2.16. The van der Waals surface area contributed by atoms with Crippen molar-refractivity contribution < 1.29 is 4.79 Å². The van der Waals surface area contributed by atoms with Crippen molar-refractivity contribution in [3.8, 4) is 0 Å². The first-order valence-corrected chi connectivity index (χ1v) is 11.8. The summed E-state index contributed by atoms with van der Waals surface area (Å²) in [5.41, 5.74) is 0.